The summed E-state index contributed by atoms with van der Waals surface area (Å²) in [7, 11) is 0. The zero-order chi connectivity index (χ0) is 15.9. The molecule has 3 heteroatoms. The van der Waals surface area contributed by atoms with Crippen molar-refractivity contribution in [2.75, 3.05) is 39.3 Å². The molecule has 2 heterocycles. The van der Waals surface area contributed by atoms with Gasteiger partial charge in [0.2, 0.25) is 0 Å². The molecule has 0 aromatic carbocycles. The predicted octanol–water partition coefficient (Wildman–Crippen LogP) is 2.98. The van der Waals surface area contributed by atoms with Gasteiger partial charge in [-0.1, -0.05) is 13.3 Å². The van der Waals surface area contributed by atoms with Gasteiger partial charge in [0.05, 0.1) is 0 Å². The highest BCUT2D eigenvalue weighted by Crippen LogP contribution is 2.31. The SMILES string of the molecule is C=C.CCC1CCC(N2CCN(CC3CNC3)C[C@@H]2C)CC1. The Labute approximate surface area is 138 Å². The van der Waals surface area contributed by atoms with E-state index in [2.05, 4.69) is 42.1 Å². The molecule has 3 fully saturated rings. The number of hydrogen-bond donors (Lipinski definition) is 1. The monoisotopic (exact) mass is 307 g/mol. The summed E-state index contributed by atoms with van der Waals surface area (Å²) in [6, 6.07) is 1.65. The third kappa shape index (κ3) is 4.56. The van der Waals surface area contributed by atoms with Gasteiger partial charge >= 0.3 is 0 Å². The Morgan fingerprint density at radius 2 is 1.68 bits per heavy atom. The van der Waals surface area contributed by atoms with Gasteiger partial charge in [-0.2, -0.15) is 0 Å². The molecule has 1 saturated carbocycles. The Hall–Kier alpha value is -0.380. The molecular weight excluding hydrogens is 270 g/mol. The Bertz CT molecular complexity index is 308. The highest BCUT2D eigenvalue weighted by atomic mass is 15.3. The lowest BCUT2D eigenvalue weighted by Gasteiger charge is -2.47. The lowest BCUT2D eigenvalue weighted by atomic mass is 9.83. The molecular formula is C19H37N3. The van der Waals surface area contributed by atoms with Gasteiger partial charge in [-0.25, -0.2) is 0 Å². The number of piperazine rings is 1. The Morgan fingerprint density at radius 1 is 1.00 bits per heavy atom. The molecule has 0 radical (unpaired) electrons. The topological polar surface area (TPSA) is 18.5 Å². The van der Waals surface area contributed by atoms with E-state index in [1.807, 2.05) is 0 Å². The van der Waals surface area contributed by atoms with E-state index in [1.165, 1.54) is 71.4 Å². The van der Waals surface area contributed by atoms with E-state index in [4.69, 9.17) is 0 Å². The first kappa shape index (κ1) is 18.0. The maximum absolute atomic E-state index is 3.40. The van der Waals surface area contributed by atoms with Crippen LogP contribution in [0.15, 0.2) is 13.2 Å². The van der Waals surface area contributed by atoms with Gasteiger partial charge in [0.25, 0.3) is 0 Å². The van der Waals surface area contributed by atoms with Crippen LogP contribution in [0.3, 0.4) is 0 Å². The minimum atomic E-state index is 0.764. The van der Waals surface area contributed by atoms with Crippen LogP contribution in [0.5, 0.6) is 0 Å². The number of nitrogens with zero attached hydrogens (tertiary/aromatic N) is 2. The van der Waals surface area contributed by atoms with Crippen molar-refractivity contribution >= 4 is 0 Å². The Morgan fingerprint density at radius 3 is 2.18 bits per heavy atom. The predicted molar refractivity (Wildman–Crippen MR) is 96.3 cm³/mol. The number of nitrogens with one attached hydrogen (secondary N) is 1. The first-order valence-corrected chi connectivity index (χ1v) is 9.45. The zero-order valence-electron chi connectivity index (χ0n) is 14.9. The van der Waals surface area contributed by atoms with Crippen LogP contribution >= 0.6 is 0 Å². The summed E-state index contributed by atoms with van der Waals surface area (Å²) in [5.74, 6) is 1.95. The summed E-state index contributed by atoms with van der Waals surface area (Å²) in [4.78, 5) is 5.55. The first-order chi connectivity index (χ1) is 10.8. The Kier molecular flexibility index (Phi) is 7.39. The molecule has 0 aromatic heterocycles. The molecule has 0 aromatic rings. The molecule has 1 N–H and O–H groups in total. The van der Waals surface area contributed by atoms with Gasteiger partial charge in [-0.3, -0.25) is 4.90 Å². The molecule has 0 amide bonds. The van der Waals surface area contributed by atoms with Crippen LogP contribution in [0.2, 0.25) is 0 Å². The third-order valence-corrected chi connectivity index (χ3v) is 6.01. The highest BCUT2D eigenvalue weighted by molar-refractivity contribution is 4.89. The molecule has 0 unspecified atom stereocenters. The summed E-state index contributed by atoms with van der Waals surface area (Å²) in [5.41, 5.74) is 0. The second kappa shape index (κ2) is 9.05. The maximum Gasteiger partial charge on any atom is 0.0198 e. The molecule has 2 saturated heterocycles. The summed E-state index contributed by atoms with van der Waals surface area (Å²) < 4.78 is 0. The van der Waals surface area contributed by atoms with Crippen LogP contribution in [0, 0.1) is 11.8 Å². The van der Waals surface area contributed by atoms with Crippen molar-refractivity contribution in [1.82, 2.24) is 15.1 Å². The van der Waals surface area contributed by atoms with Crippen molar-refractivity contribution in [2.24, 2.45) is 11.8 Å². The second-order valence-electron chi connectivity index (χ2n) is 7.45. The van der Waals surface area contributed by atoms with Crippen molar-refractivity contribution in [3.05, 3.63) is 13.2 Å². The van der Waals surface area contributed by atoms with Crippen LogP contribution in [-0.4, -0.2) is 61.2 Å². The van der Waals surface area contributed by atoms with Crippen LogP contribution in [-0.2, 0) is 0 Å². The molecule has 1 atom stereocenters. The van der Waals surface area contributed by atoms with Gasteiger partial charge in [0, 0.05) is 51.4 Å². The molecule has 0 spiro atoms. The lowest BCUT2D eigenvalue weighted by molar-refractivity contribution is 0.0202. The number of hydrogen-bond acceptors (Lipinski definition) is 3. The smallest absolute Gasteiger partial charge is 0.0198 e. The zero-order valence-corrected chi connectivity index (χ0v) is 14.9. The number of rotatable bonds is 4. The molecule has 1 aliphatic carbocycles. The van der Waals surface area contributed by atoms with Crippen LogP contribution in [0.4, 0.5) is 0 Å². The van der Waals surface area contributed by atoms with Crippen molar-refractivity contribution in [3.63, 3.8) is 0 Å². The summed E-state index contributed by atoms with van der Waals surface area (Å²) in [6.45, 7) is 18.5. The second-order valence-corrected chi connectivity index (χ2v) is 7.45. The minimum Gasteiger partial charge on any atom is -0.316 e. The Balaban J connectivity index is 0.000000847. The first-order valence-electron chi connectivity index (χ1n) is 9.45. The summed E-state index contributed by atoms with van der Waals surface area (Å²) in [5, 5.41) is 3.40. The van der Waals surface area contributed by atoms with E-state index in [-0.39, 0.29) is 0 Å². The fourth-order valence-electron chi connectivity index (χ4n) is 4.48. The van der Waals surface area contributed by atoms with E-state index in [0.29, 0.717) is 0 Å². The van der Waals surface area contributed by atoms with E-state index >= 15 is 0 Å². The van der Waals surface area contributed by atoms with Gasteiger partial charge in [0.15, 0.2) is 0 Å². The quantitative estimate of drug-likeness (QED) is 0.806. The standard InChI is InChI=1S/C17H33N3.C2H4/c1-3-15-4-6-17(7-5-15)20-9-8-19(12-14(20)2)13-16-10-18-11-16;1-2/h14-18H,3-13H2,1-2H3;1-2H2/t14-,15?,17?;/m0./s1. The van der Waals surface area contributed by atoms with Gasteiger partial charge in [-0.15, -0.1) is 13.2 Å². The molecule has 3 nitrogen and oxygen atoms in total. The van der Waals surface area contributed by atoms with Gasteiger partial charge < -0.3 is 10.2 Å². The van der Waals surface area contributed by atoms with Crippen molar-refractivity contribution in [3.8, 4) is 0 Å². The molecule has 22 heavy (non-hydrogen) atoms. The maximum atomic E-state index is 3.40. The normalized spacial score (nSPS) is 34.5. The van der Waals surface area contributed by atoms with Crippen LogP contribution in [0.25, 0.3) is 0 Å². The fourth-order valence-corrected chi connectivity index (χ4v) is 4.48. The summed E-state index contributed by atoms with van der Waals surface area (Å²) in [6.07, 6.45) is 7.25. The molecule has 3 aliphatic rings. The molecule has 3 rings (SSSR count). The average molecular weight is 308 g/mol. The van der Waals surface area contributed by atoms with E-state index in [1.54, 1.807) is 0 Å². The molecule has 0 bridgehead atoms. The van der Waals surface area contributed by atoms with Crippen molar-refractivity contribution in [2.45, 2.75) is 58.0 Å². The van der Waals surface area contributed by atoms with E-state index in [0.717, 1.165) is 23.9 Å². The van der Waals surface area contributed by atoms with Crippen molar-refractivity contribution in [1.29, 1.82) is 0 Å². The average Bonchev–Trinajstić information content (AvgIpc) is 2.53. The lowest BCUT2D eigenvalue weighted by Crippen LogP contribution is -2.58. The minimum absolute atomic E-state index is 0.764. The van der Waals surface area contributed by atoms with Gasteiger partial charge in [0.1, 0.15) is 0 Å². The van der Waals surface area contributed by atoms with E-state index in [9.17, 15) is 0 Å². The molecule has 2 aliphatic heterocycles. The van der Waals surface area contributed by atoms with Crippen LogP contribution < -0.4 is 5.32 Å². The largest absolute Gasteiger partial charge is 0.316 e. The fraction of sp³-hybridized carbons (Fsp3) is 0.895. The summed E-state index contributed by atoms with van der Waals surface area (Å²) >= 11 is 0. The highest BCUT2D eigenvalue weighted by Gasteiger charge is 2.32. The van der Waals surface area contributed by atoms with Crippen molar-refractivity contribution < 1.29 is 0 Å². The van der Waals surface area contributed by atoms with E-state index < -0.39 is 0 Å². The van der Waals surface area contributed by atoms with Gasteiger partial charge in [-0.05, 0) is 44.4 Å². The molecule has 128 valence electrons. The third-order valence-electron chi connectivity index (χ3n) is 6.01. The van der Waals surface area contributed by atoms with Crippen LogP contribution in [0.1, 0.15) is 46.0 Å².